The van der Waals surface area contributed by atoms with Crippen molar-refractivity contribution in [2.24, 2.45) is 0 Å². The number of carbonyl (C=O) groups excluding carboxylic acids is 1. The van der Waals surface area contributed by atoms with Crippen LogP contribution in [0.4, 0.5) is 5.69 Å². The van der Waals surface area contributed by atoms with Gasteiger partial charge in [0.05, 0.1) is 0 Å². The Kier molecular flexibility index (Phi) is 3.26. The first-order valence-corrected chi connectivity index (χ1v) is 4.13. The smallest absolute Gasteiger partial charge is 0.147 e. The van der Waals surface area contributed by atoms with Crippen LogP contribution in [0.2, 0.25) is 0 Å². The quantitative estimate of drug-likeness (QED) is 0.514. The summed E-state index contributed by atoms with van der Waals surface area (Å²) < 4.78 is 0. The third-order valence-electron chi connectivity index (χ3n) is 1.80. The van der Waals surface area contributed by atoms with Gasteiger partial charge in [-0.1, -0.05) is 24.8 Å². The molecule has 0 amide bonds. The molecule has 1 aromatic carbocycles. The lowest BCUT2D eigenvalue weighted by Gasteiger charge is -2.18. The molecule has 0 unspecified atom stereocenters. The van der Waals surface area contributed by atoms with E-state index >= 15 is 0 Å². The van der Waals surface area contributed by atoms with Crippen LogP contribution in [0.25, 0.3) is 0 Å². The minimum Gasteiger partial charge on any atom is -0.370 e. The molecule has 2 nitrogen and oxygen atoms in total. The molecular formula is C11H13NO. The minimum atomic E-state index is 0.577. The zero-order chi connectivity index (χ0) is 9.68. The Balaban J connectivity index is 2.63. The lowest BCUT2D eigenvalue weighted by Crippen LogP contribution is -2.19. The lowest BCUT2D eigenvalue weighted by atomic mass is 10.2. The van der Waals surface area contributed by atoms with E-state index in [2.05, 4.69) is 6.58 Å². The van der Waals surface area contributed by atoms with E-state index in [4.69, 9.17) is 0 Å². The van der Waals surface area contributed by atoms with Crippen molar-refractivity contribution < 1.29 is 4.79 Å². The second kappa shape index (κ2) is 4.45. The third kappa shape index (κ3) is 2.75. The molecule has 0 fully saturated rings. The van der Waals surface area contributed by atoms with E-state index in [9.17, 15) is 4.79 Å². The van der Waals surface area contributed by atoms with Crippen LogP contribution in [0.5, 0.6) is 0 Å². The maximum absolute atomic E-state index is 10.3. The number of benzene rings is 1. The molecule has 0 saturated carbocycles. The number of likely N-dealkylation sites (N-methyl/N-ethyl adjacent to an activating group) is 1. The lowest BCUT2D eigenvalue weighted by molar-refractivity contribution is -0.104. The molecule has 0 spiro atoms. The normalized spacial score (nSPS) is 9.31. The fraction of sp³-hybridized carbons (Fsp3) is 0.182. The van der Waals surface area contributed by atoms with Gasteiger partial charge in [-0.15, -0.1) is 0 Å². The van der Waals surface area contributed by atoms with Gasteiger partial charge in [0.1, 0.15) is 6.29 Å². The van der Waals surface area contributed by atoms with Crippen LogP contribution in [0.1, 0.15) is 0 Å². The fourth-order valence-electron chi connectivity index (χ4n) is 1.12. The highest BCUT2D eigenvalue weighted by atomic mass is 16.1. The van der Waals surface area contributed by atoms with Gasteiger partial charge >= 0.3 is 0 Å². The Bertz CT molecular complexity index is 292. The van der Waals surface area contributed by atoms with E-state index in [0.717, 1.165) is 12.0 Å². The number of carbonyl (C=O) groups is 1. The molecule has 0 aliphatic heterocycles. The summed E-state index contributed by atoms with van der Waals surface area (Å²) in [6.07, 6.45) is 0.791. The van der Waals surface area contributed by atoms with Gasteiger partial charge in [0, 0.05) is 24.9 Å². The van der Waals surface area contributed by atoms with Crippen molar-refractivity contribution in [2.45, 2.75) is 0 Å². The Morgan fingerprint density at radius 1 is 1.46 bits per heavy atom. The molecular weight excluding hydrogens is 162 g/mol. The van der Waals surface area contributed by atoms with Gasteiger partial charge in [-0.25, -0.2) is 0 Å². The average Bonchev–Trinajstić information content (AvgIpc) is 2.19. The standard InChI is InChI=1S/C11H13NO/c1-10(9-13)8-12(2)11-6-4-3-5-7-11/h3-7,9H,1,8H2,2H3. The van der Waals surface area contributed by atoms with Crippen molar-refractivity contribution in [2.75, 3.05) is 18.5 Å². The molecule has 0 aliphatic rings. The van der Waals surface area contributed by atoms with E-state index in [1.54, 1.807) is 0 Å². The average molecular weight is 175 g/mol. The minimum absolute atomic E-state index is 0.577. The summed E-state index contributed by atoms with van der Waals surface area (Å²) >= 11 is 0. The SMILES string of the molecule is C=C(C=O)CN(C)c1ccccc1. The molecule has 2 heteroatoms. The van der Waals surface area contributed by atoms with Crippen LogP contribution in [-0.4, -0.2) is 19.9 Å². The topological polar surface area (TPSA) is 20.3 Å². The number of anilines is 1. The molecule has 0 aromatic heterocycles. The molecule has 0 heterocycles. The molecule has 0 saturated heterocycles. The monoisotopic (exact) mass is 175 g/mol. The summed E-state index contributed by atoms with van der Waals surface area (Å²) in [5, 5.41) is 0. The van der Waals surface area contributed by atoms with E-state index < -0.39 is 0 Å². The summed E-state index contributed by atoms with van der Waals surface area (Å²) in [5.74, 6) is 0. The number of nitrogens with zero attached hydrogens (tertiary/aromatic N) is 1. The Morgan fingerprint density at radius 2 is 2.08 bits per heavy atom. The zero-order valence-corrected chi connectivity index (χ0v) is 7.73. The fourth-order valence-corrected chi connectivity index (χ4v) is 1.12. The summed E-state index contributed by atoms with van der Waals surface area (Å²) in [6, 6.07) is 9.90. The first-order chi connectivity index (χ1) is 6.24. The van der Waals surface area contributed by atoms with E-state index in [0.29, 0.717) is 12.1 Å². The van der Waals surface area contributed by atoms with Crippen LogP contribution in [-0.2, 0) is 4.79 Å². The van der Waals surface area contributed by atoms with Gasteiger partial charge in [0.15, 0.2) is 0 Å². The molecule has 13 heavy (non-hydrogen) atoms. The third-order valence-corrected chi connectivity index (χ3v) is 1.80. The number of hydrogen-bond donors (Lipinski definition) is 0. The Hall–Kier alpha value is -1.57. The maximum atomic E-state index is 10.3. The van der Waals surface area contributed by atoms with Crippen molar-refractivity contribution in [1.29, 1.82) is 0 Å². The van der Waals surface area contributed by atoms with E-state index in [-0.39, 0.29) is 0 Å². The van der Waals surface area contributed by atoms with Crippen molar-refractivity contribution in [3.63, 3.8) is 0 Å². The summed E-state index contributed by atoms with van der Waals surface area (Å²) in [5.41, 5.74) is 1.68. The first-order valence-electron chi connectivity index (χ1n) is 4.13. The number of para-hydroxylation sites is 1. The van der Waals surface area contributed by atoms with Crippen molar-refractivity contribution in [3.8, 4) is 0 Å². The van der Waals surface area contributed by atoms with Crippen LogP contribution < -0.4 is 4.90 Å². The molecule has 1 rings (SSSR count). The van der Waals surface area contributed by atoms with Crippen molar-refractivity contribution in [3.05, 3.63) is 42.5 Å². The Morgan fingerprint density at radius 3 is 2.62 bits per heavy atom. The van der Waals surface area contributed by atoms with Crippen molar-refractivity contribution in [1.82, 2.24) is 0 Å². The van der Waals surface area contributed by atoms with Gasteiger partial charge < -0.3 is 4.90 Å². The highest BCUT2D eigenvalue weighted by Crippen LogP contribution is 2.11. The van der Waals surface area contributed by atoms with Gasteiger partial charge in [-0.2, -0.15) is 0 Å². The predicted octanol–water partition coefficient (Wildman–Crippen LogP) is 1.88. The summed E-state index contributed by atoms with van der Waals surface area (Å²) in [4.78, 5) is 12.3. The molecule has 0 bridgehead atoms. The molecule has 68 valence electrons. The van der Waals surface area contributed by atoms with Crippen molar-refractivity contribution >= 4 is 12.0 Å². The summed E-state index contributed by atoms with van der Waals surface area (Å²) in [6.45, 7) is 4.21. The second-order valence-electron chi connectivity index (χ2n) is 2.97. The molecule has 0 radical (unpaired) electrons. The largest absolute Gasteiger partial charge is 0.370 e. The highest BCUT2D eigenvalue weighted by Gasteiger charge is 2.00. The molecule has 0 N–H and O–H groups in total. The maximum Gasteiger partial charge on any atom is 0.147 e. The van der Waals surface area contributed by atoms with Crippen LogP contribution >= 0.6 is 0 Å². The summed E-state index contributed by atoms with van der Waals surface area (Å²) in [7, 11) is 1.93. The van der Waals surface area contributed by atoms with Gasteiger partial charge in [-0.3, -0.25) is 4.79 Å². The second-order valence-corrected chi connectivity index (χ2v) is 2.97. The predicted molar refractivity (Wildman–Crippen MR) is 54.9 cm³/mol. The molecule has 1 aromatic rings. The Labute approximate surface area is 78.5 Å². The van der Waals surface area contributed by atoms with Gasteiger partial charge in [0.2, 0.25) is 0 Å². The number of aldehydes is 1. The van der Waals surface area contributed by atoms with Crippen LogP contribution in [0.3, 0.4) is 0 Å². The molecule has 0 aliphatic carbocycles. The van der Waals surface area contributed by atoms with E-state index in [1.165, 1.54) is 0 Å². The zero-order valence-electron chi connectivity index (χ0n) is 7.73. The van der Waals surface area contributed by atoms with Crippen LogP contribution in [0.15, 0.2) is 42.5 Å². The van der Waals surface area contributed by atoms with Gasteiger partial charge in [-0.05, 0) is 12.1 Å². The molecule has 0 atom stereocenters. The van der Waals surface area contributed by atoms with Crippen LogP contribution in [0, 0.1) is 0 Å². The van der Waals surface area contributed by atoms with E-state index in [1.807, 2.05) is 42.3 Å². The highest BCUT2D eigenvalue weighted by molar-refractivity contribution is 5.73. The van der Waals surface area contributed by atoms with Gasteiger partial charge in [0.25, 0.3) is 0 Å². The number of rotatable bonds is 4. The number of hydrogen-bond acceptors (Lipinski definition) is 2. The first kappa shape index (κ1) is 9.52.